The van der Waals surface area contributed by atoms with Crippen molar-refractivity contribution in [1.82, 2.24) is 9.97 Å². The van der Waals surface area contributed by atoms with Crippen LogP contribution in [0.2, 0.25) is 0 Å². The molecule has 0 N–H and O–H groups in total. The molecule has 0 bridgehead atoms. The van der Waals surface area contributed by atoms with Gasteiger partial charge in [0.1, 0.15) is 0 Å². The van der Waals surface area contributed by atoms with Gasteiger partial charge in [0.2, 0.25) is 0 Å². The van der Waals surface area contributed by atoms with E-state index in [0.717, 1.165) is 55.5 Å². The van der Waals surface area contributed by atoms with E-state index in [1.165, 1.54) is 49.0 Å². The van der Waals surface area contributed by atoms with Gasteiger partial charge in [-0.15, -0.1) is 0 Å². The Morgan fingerprint density at radius 1 is 0.317 bits per heavy atom. The Morgan fingerprint density at radius 3 is 1.60 bits per heavy atom. The zero-order valence-corrected chi connectivity index (χ0v) is 32.5. The van der Waals surface area contributed by atoms with Gasteiger partial charge in [-0.2, -0.15) is 5.26 Å². The van der Waals surface area contributed by atoms with E-state index in [4.69, 9.17) is 9.97 Å². The first-order valence-corrected chi connectivity index (χ1v) is 20.2. The first-order chi connectivity index (χ1) is 29.7. The van der Waals surface area contributed by atoms with E-state index in [1.54, 1.807) is 0 Å². The van der Waals surface area contributed by atoms with Gasteiger partial charge in [0.15, 0.2) is 5.82 Å². The quantitative estimate of drug-likeness (QED) is 0.125. The minimum atomic E-state index is 0.649. The summed E-state index contributed by atoms with van der Waals surface area (Å²) >= 11 is 0. The highest BCUT2D eigenvalue weighted by Crippen LogP contribution is 2.42. The molecule has 0 atom stereocenters. The van der Waals surface area contributed by atoms with Crippen molar-refractivity contribution in [3.63, 3.8) is 0 Å². The van der Waals surface area contributed by atoms with E-state index in [1.807, 2.05) is 42.5 Å². The third-order valence-corrected chi connectivity index (χ3v) is 11.7. The molecule has 0 spiro atoms. The van der Waals surface area contributed by atoms with E-state index < -0.39 is 0 Å². The summed E-state index contributed by atoms with van der Waals surface area (Å²) in [5, 5.41) is 19.1. The predicted octanol–water partition coefficient (Wildman–Crippen LogP) is 15.0. The molecule has 11 aromatic rings. The molecule has 0 amide bonds. The summed E-state index contributed by atoms with van der Waals surface area (Å²) in [4.78, 5) is 10.3. The number of aromatic nitrogens is 2. The topological polar surface area (TPSA) is 49.6 Å². The van der Waals surface area contributed by atoms with E-state index in [0.29, 0.717) is 11.4 Å². The van der Waals surface area contributed by atoms with Gasteiger partial charge in [-0.25, -0.2) is 9.97 Å². The molecule has 1 aromatic heterocycles. The number of rotatable bonds is 6. The maximum Gasteiger partial charge on any atom is 0.160 e. The summed E-state index contributed by atoms with van der Waals surface area (Å²) in [6.45, 7) is 0. The summed E-state index contributed by atoms with van der Waals surface area (Å²) < 4.78 is 0. The largest absolute Gasteiger partial charge is 0.228 e. The van der Waals surface area contributed by atoms with Crippen molar-refractivity contribution in [3.05, 3.63) is 218 Å². The van der Waals surface area contributed by atoms with E-state index >= 15 is 0 Å². The standard InChI is InChI=1S/C57H35N3/c58-36-37-18-20-38(21-19-37)39-22-26-42(27-23-39)54-35-55(60-57(59-54)44-11-2-1-3-12-44)51-33-32-47(49-16-8-9-17-50(49)51)41-24-28-43(29-25-41)56-48-15-7-5-13-45(48)34-53-46-14-6-4-10-40(46)30-31-52(53)56/h1-35H. The van der Waals surface area contributed by atoms with Crippen LogP contribution < -0.4 is 0 Å². The number of hydrogen-bond donors (Lipinski definition) is 0. The van der Waals surface area contributed by atoms with Gasteiger partial charge in [-0.05, 0) is 101 Å². The van der Waals surface area contributed by atoms with Crippen molar-refractivity contribution in [2.24, 2.45) is 0 Å². The molecular weight excluding hydrogens is 727 g/mol. The van der Waals surface area contributed by atoms with Crippen LogP contribution in [-0.2, 0) is 0 Å². The van der Waals surface area contributed by atoms with Crippen molar-refractivity contribution in [1.29, 1.82) is 5.26 Å². The fourth-order valence-corrected chi connectivity index (χ4v) is 8.74. The van der Waals surface area contributed by atoms with Gasteiger partial charge in [0.25, 0.3) is 0 Å². The number of nitrogens with zero attached hydrogens (tertiary/aromatic N) is 3. The van der Waals surface area contributed by atoms with E-state index in [9.17, 15) is 5.26 Å². The summed E-state index contributed by atoms with van der Waals surface area (Å²) in [6, 6.07) is 77.1. The Morgan fingerprint density at radius 2 is 0.867 bits per heavy atom. The number of hydrogen-bond acceptors (Lipinski definition) is 3. The summed E-state index contributed by atoms with van der Waals surface area (Å²) in [5.41, 5.74) is 12.3. The second-order valence-corrected chi connectivity index (χ2v) is 15.2. The molecule has 3 heteroatoms. The minimum Gasteiger partial charge on any atom is -0.228 e. The predicted molar refractivity (Wildman–Crippen MR) is 249 cm³/mol. The highest BCUT2D eigenvalue weighted by atomic mass is 14.9. The van der Waals surface area contributed by atoms with Crippen LogP contribution in [0.4, 0.5) is 0 Å². The molecule has 1 heterocycles. The fourth-order valence-electron chi connectivity index (χ4n) is 8.74. The molecule has 0 aliphatic carbocycles. The molecule has 60 heavy (non-hydrogen) atoms. The van der Waals surface area contributed by atoms with Crippen LogP contribution in [-0.4, -0.2) is 9.97 Å². The molecule has 0 aliphatic rings. The Kier molecular flexibility index (Phi) is 8.54. The number of benzene rings is 10. The molecule has 0 radical (unpaired) electrons. The van der Waals surface area contributed by atoms with Gasteiger partial charge in [-0.1, -0.05) is 188 Å². The zero-order valence-electron chi connectivity index (χ0n) is 32.5. The average Bonchev–Trinajstić information content (AvgIpc) is 3.33. The van der Waals surface area contributed by atoms with Crippen molar-refractivity contribution in [3.8, 4) is 73.4 Å². The van der Waals surface area contributed by atoms with E-state index in [2.05, 4.69) is 176 Å². The van der Waals surface area contributed by atoms with Gasteiger partial charge in [0, 0.05) is 16.7 Å². The molecule has 0 saturated carbocycles. The van der Waals surface area contributed by atoms with Gasteiger partial charge in [0.05, 0.1) is 23.0 Å². The van der Waals surface area contributed by atoms with Crippen LogP contribution in [0.1, 0.15) is 5.56 Å². The normalized spacial score (nSPS) is 11.3. The average molecular weight is 762 g/mol. The van der Waals surface area contributed by atoms with Crippen molar-refractivity contribution < 1.29 is 0 Å². The third-order valence-electron chi connectivity index (χ3n) is 11.7. The van der Waals surface area contributed by atoms with Crippen LogP contribution in [0, 0.1) is 11.3 Å². The lowest BCUT2D eigenvalue weighted by Crippen LogP contribution is -1.97. The maximum atomic E-state index is 9.25. The lowest BCUT2D eigenvalue weighted by Gasteiger charge is -2.16. The molecule has 278 valence electrons. The van der Waals surface area contributed by atoms with Crippen LogP contribution in [0.15, 0.2) is 212 Å². The van der Waals surface area contributed by atoms with Crippen LogP contribution >= 0.6 is 0 Å². The smallest absolute Gasteiger partial charge is 0.160 e. The first-order valence-electron chi connectivity index (χ1n) is 20.2. The molecule has 0 saturated heterocycles. The molecule has 3 nitrogen and oxygen atoms in total. The van der Waals surface area contributed by atoms with Crippen molar-refractivity contribution in [2.45, 2.75) is 0 Å². The third kappa shape index (κ3) is 6.16. The second kappa shape index (κ2) is 14.6. The van der Waals surface area contributed by atoms with Crippen molar-refractivity contribution in [2.75, 3.05) is 0 Å². The summed E-state index contributed by atoms with van der Waals surface area (Å²) in [6.07, 6.45) is 0. The molecule has 0 fully saturated rings. The summed E-state index contributed by atoms with van der Waals surface area (Å²) in [7, 11) is 0. The summed E-state index contributed by atoms with van der Waals surface area (Å²) in [5.74, 6) is 0.678. The lowest BCUT2D eigenvalue weighted by molar-refractivity contribution is 1.18. The molecule has 10 aromatic carbocycles. The zero-order chi connectivity index (χ0) is 40.0. The minimum absolute atomic E-state index is 0.649. The highest BCUT2D eigenvalue weighted by molar-refractivity contribution is 6.20. The number of nitriles is 1. The Bertz CT molecular complexity index is 3450. The van der Waals surface area contributed by atoms with Crippen molar-refractivity contribution >= 4 is 43.1 Å². The van der Waals surface area contributed by atoms with Crippen LogP contribution in [0.3, 0.4) is 0 Å². The molecule has 0 aliphatic heterocycles. The Hall–Kier alpha value is -8.19. The monoisotopic (exact) mass is 761 g/mol. The Labute approximate surface area is 348 Å². The van der Waals surface area contributed by atoms with Crippen LogP contribution in [0.25, 0.3) is 110 Å². The molecule has 0 unspecified atom stereocenters. The van der Waals surface area contributed by atoms with Crippen LogP contribution in [0.5, 0.6) is 0 Å². The highest BCUT2D eigenvalue weighted by Gasteiger charge is 2.17. The lowest BCUT2D eigenvalue weighted by atomic mass is 9.88. The van der Waals surface area contributed by atoms with Gasteiger partial charge >= 0.3 is 0 Å². The SMILES string of the molecule is N#Cc1ccc(-c2ccc(-c3cc(-c4ccc(-c5ccc(-c6c7ccccc7cc7c6ccc6ccccc67)cc5)c5ccccc45)nc(-c4ccccc4)n3)cc2)cc1. The number of fused-ring (bicyclic) bond motifs is 5. The first kappa shape index (κ1) is 35.0. The maximum absolute atomic E-state index is 9.25. The van der Waals surface area contributed by atoms with Gasteiger partial charge < -0.3 is 0 Å². The second-order valence-electron chi connectivity index (χ2n) is 15.2. The van der Waals surface area contributed by atoms with E-state index in [-0.39, 0.29) is 0 Å². The molecular formula is C57H35N3. The fraction of sp³-hybridized carbons (Fsp3) is 0. The van der Waals surface area contributed by atoms with Gasteiger partial charge in [-0.3, -0.25) is 0 Å². The Balaban J connectivity index is 1.01. The molecule has 11 rings (SSSR count).